The molecule has 0 aliphatic carbocycles. The molecule has 1 heterocycles. The quantitative estimate of drug-likeness (QED) is 0.373. The number of likely N-dealkylation sites (N-methyl/N-ethyl adjacent to an activating group) is 1. The van der Waals surface area contributed by atoms with Crippen molar-refractivity contribution in [2.75, 3.05) is 53.4 Å². The van der Waals surface area contributed by atoms with Crippen LogP contribution in [0.5, 0.6) is 0 Å². The van der Waals surface area contributed by atoms with Crippen molar-refractivity contribution in [2.24, 2.45) is 4.99 Å². The van der Waals surface area contributed by atoms with Gasteiger partial charge in [0, 0.05) is 57.4 Å². The zero-order chi connectivity index (χ0) is 17.4. The minimum atomic E-state index is 0. The van der Waals surface area contributed by atoms with E-state index in [2.05, 4.69) is 51.5 Å². The number of rotatable bonds is 6. The number of aliphatic imine (C=N–C) groups is 1. The third kappa shape index (κ3) is 8.11. The van der Waals surface area contributed by atoms with Crippen molar-refractivity contribution in [3.63, 3.8) is 0 Å². The average molecular weight is 480 g/mol. The summed E-state index contributed by atoms with van der Waals surface area (Å²) in [6.07, 6.45) is 0.950. The molecule has 1 aliphatic rings. The van der Waals surface area contributed by atoms with Gasteiger partial charge in [-0.3, -0.25) is 9.89 Å². The lowest BCUT2D eigenvalue weighted by Crippen LogP contribution is -2.52. The van der Waals surface area contributed by atoms with Gasteiger partial charge >= 0.3 is 0 Å². The van der Waals surface area contributed by atoms with Crippen LogP contribution in [-0.4, -0.2) is 75.2 Å². The van der Waals surface area contributed by atoms with Crippen LogP contribution in [0.3, 0.4) is 0 Å². The largest absolute Gasteiger partial charge is 0.356 e. The summed E-state index contributed by atoms with van der Waals surface area (Å²) in [5.41, 5.74) is 1.27. The van der Waals surface area contributed by atoms with E-state index in [-0.39, 0.29) is 24.0 Å². The molecule has 7 heteroatoms. The summed E-state index contributed by atoms with van der Waals surface area (Å²) in [6.45, 7) is 8.62. The van der Waals surface area contributed by atoms with Crippen LogP contribution in [0.1, 0.15) is 12.5 Å². The number of nitrogens with zero attached hydrogens (tertiary/aromatic N) is 3. The molecular weight excluding hydrogens is 449 g/mol. The number of nitrogens with one attached hydrogen (secondary N) is 2. The first-order valence-electron chi connectivity index (χ1n) is 8.70. The highest BCUT2D eigenvalue weighted by atomic mass is 127. The molecule has 0 aromatic heterocycles. The Morgan fingerprint density at radius 1 is 1.16 bits per heavy atom. The van der Waals surface area contributed by atoms with Gasteiger partial charge in [0.2, 0.25) is 0 Å². The molecule has 142 valence electrons. The summed E-state index contributed by atoms with van der Waals surface area (Å²) in [4.78, 5) is 9.23. The van der Waals surface area contributed by atoms with Crippen molar-refractivity contribution >= 4 is 41.5 Å². The highest BCUT2D eigenvalue weighted by Gasteiger charge is 2.18. The molecule has 5 nitrogen and oxygen atoms in total. The SMILES string of the molecule is CN=C(NCCc1ccc(Cl)cc1)NCC(C)N1CCN(C)CC1.I. The molecule has 0 amide bonds. The lowest BCUT2D eigenvalue weighted by atomic mass is 10.1. The molecule has 0 radical (unpaired) electrons. The second kappa shape index (κ2) is 11.9. The third-order valence-electron chi connectivity index (χ3n) is 4.57. The van der Waals surface area contributed by atoms with Gasteiger partial charge in [-0.1, -0.05) is 23.7 Å². The molecule has 1 atom stereocenters. The standard InChI is InChI=1S/C18H30ClN5.HI/c1-15(24-12-10-23(3)11-13-24)14-22-18(20-2)21-9-8-16-4-6-17(19)7-5-16;/h4-7,15H,8-14H2,1-3H3,(H2,20,21,22);1H. The Balaban J connectivity index is 0.00000312. The number of hydrogen-bond acceptors (Lipinski definition) is 3. The van der Waals surface area contributed by atoms with E-state index >= 15 is 0 Å². The maximum Gasteiger partial charge on any atom is 0.191 e. The molecular formula is C18H31ClIN5. The zero-order valence-electron chi connectivity index (χ0n) is 15.5. The monoisotopic (exact) mass is 479 g/mol. The highest BCUT2D eigenvalue weighted by molar-refractivity contribution is 14.0. The number of benzene rings is 1. The molecule has 1 aliphatic heterocycles. The second-order valence-corrected chi connectivity index (χ2v) is 6.88. The van der Waals surface area contributed by atoms with Crippen LogP contribution in [-0.2, 0) is 6.42 Å². The molecule has 0 bridgehead atoms. The topological polar surface area (TPSA) is 42.9 Å². The van der Waals surface area contributed by atoms with Gasteiger partial charge in [-0.2, -0.15) is 0 Å². The first-order chi connectivity index (χ1) is 11.6. The fraction of sp³-hybridized carbons (Fsp3) is 0.611. The number of piperazine rings is 1. The van der Waals surface area contributed by atoms with E-state index in [1.807, 2.05) is 19.2 Å². The lowest BCUT2D eigenvalue weighted by Gasteiger charge is -2.36. The molecule has 0 spiro atoms. The summed E-state index contributed by atoms with van der Waals surface area (Å²) in [5, 5.41) is 7.59. The van der Waals surface area contributed by atoms with Crippen molar-refractivity contribution in [1.82, 2.24) is 20.4 Å². The van der Waals surface area contributed by atoms with Crippen molar-refractivity contribution in [2.45, 2.75) is 19.4 Å². The summed E-state index contributed by atoms with van der Waals surface area (Å²) in [7, 11) is 4.00. The smallest absolute Gasteiger partial charge is 0.191 e. The Labute approximate surface area is 174 Å². The summed E-state index contributed by atoms with van der Waals surface area (Å²) in [6, 6.07) is 8.50. The number of hydrogen-bond donors (Lipinski definition) is 2. The first kappa shape index (κ1) is 22.5. The fourth-order valence-electron chi connectivity index (χ4n) is 2.83. The van der Waals surface area contributed by atoms with E-state index in [0.717, 1.165) is 56.7 Å². The van der Waals surface area contributed by atoms with Gasteiger partial charge in [-0.15, -0.1) is 24.0 Å². The predicted octanol–water partition coefficient (Wildman–Crippen LogP) is 2.30. The molecule has 1 fully saturated rings. The number of halogens is 2. The molecule has 0 saturated carbocycles. The van der Waals surface area contributed by atoms with E-state index in [1.165, 1.54) is 5.56 Å². The van der Waals surface area contributed by atoms with Crippen LogP contribution in [0.25, 0.3) is 0 Å². The number of guanidine groups is 1. The summed E-state index contributed by atoms with van der Waals surface area (Å²) < 4.78 is 0. The minimum absolute atomic E-state index is 0. The van der Waals surface area contributed by atoms with Crippen molar-refractivity contribution in [3.8, 4) is 0 Å². The van der Waals surface area contributed by atoms with Crippen LogP contribution < -0.4 is 10.6 Å². The van der Waals surface area contributed by atoms with Gasteiger partial charge in [0.25, 0.3) is 0 Å². The molecule has 1 aromatic rings. The van der Waals surface area contributed by atoms with E-state index in [1.54, 1.807) is 0 Å². The second-order valence-electron chi connectivity index (χ2n) is 6.44. The molecule has 1 unspecified atom stereocenters. The Hall–Kier alpha value is -0.570. The zero-order valence-corrected chi connectivity index (χ0v) is 18.6. The van der Waals surface area contributed by atoms with Gasteiger partial charge in [0.1, 0.15) is 0 Å². The summed E-state index contributed by atoms with van der Waals surface area (Å²) >= 11 is 5.91. The molecule has 1 saturated heterocycles. The maximum absolute atomic E-state index is 5.91. The maximum atomic E-state index is 5.91. The van der Waals surface area contributed by atoms with Gasteiger partial charge < -0.3 is 15.5 Å². The predicted molar refractivity (Wildman–Crippen MR) is 118 cm³/mol. The van der Waals surface area contributed by atoms with Crippen LogP contribution in [0.4, 0.5) is 0 Å². The van der Waals surface area contributed by atoms with Crippen LogP contribution in [0.15, 0.2) is 29.3 Å². The van der Waals surface area contributed by atoms with Gasteiger partial charge in [0.15, 0.2) is 5.96 Å². The fourth-order valence-corrected chi connectivity index (χ4v) is 2.96. The van der Waals surface area contributed by atoms with Crippen LogP contribution in [0.2, 0.25) is 5.02 Å². The summed E-state index contributed by atoms with van der Waals surface area (Å²) in [5.74, 6) is 0.866. The minimum Gasteiger partial charge on any atom is -0.356 e. The van der Waals surface area contributed by atoms with Crippen molar-refractivity contribution < 1.29 is 0 Å². The van der Waals surface area contributed by atoms with E-state index in [9.17, 15) is 0 Å². The normalized spacial score (nSPS) is 17.7. The average Bonchev–Trinajstić information content (AvgIpc) is 2.60. The van der Waals surface area contributed by atoms with Crippen LogP contribution >= 0.6 is 35.6 Å². The highest BCUT2D eigenvalue weighted by Crippen LogP contribution is 2.09. The molecule has 2 N–H and O–H groups in total. The first-order valence-corrected chi connectivity index (χ1v) is 9.08. The van der Waals surface area contributed by atoms with Crippen molar-refractivity contribution in [3.05, 3.63) is 34.9 Å². The Bertz CT molecular complexity index is 515. The molecule has 2 rings (SSSR count). The van der Waals surface area contributed by atoms with E-state index < -0.39 is 0 Å². The van der Waals surface area contributed by atoms with Crippen molar-refractivity contribution in [1.29, 1.82) is 0 Å². The van der Waals surface area contributed by atoms with Gasteiger partial charge in [-0.05, 0) is 38.1 Å². The Morgan fingerprint density at radius 3 is 2.40 bits per heavy atom. The van der Waals surface area contributed by atoms with E-state index in [0.29, 0.717) is 6.04 Å². The third-order valence-corrected chi connectivity index (χ3v) is 4.82. The Morgan fingerprint density at radius 2 is 1.80 bits per heavy atom. The van der Waals surface area contributed by atoms with Gasteiger partial charge in [-0.25, -0.2) is 0 Å². The van der Waals surface area contributed by atoms with Gasteiger partial charge in [0.05, 0.1) is 0 Å². The lowest BCUT2D eigenvalue weighted by molar-refractivity contribution is 0.120. The van der Waals surface area contributed by atoms with Crippen LogP contribution in [0, 0.1) is 0 Å². The molecule has 1 aromatic carbocycles. The Kier molecular flexibility index (Phi) is 10.7. The molecule has 25 heavy (non-hydrogen) atoms. The van der Waals surface area contributed by atoms with E-state index in [4.69, 9.17) is 11.6 Å².